The molecule has 4 rings (SSSR count). The molecule has 2 aliphatic heterocycles. The molecule has 2 amide bonds. The van der Waals surface area contributed by atoms with Crippen molar-refractivity contribution in [2.45, 2.75) is 31.7 Å². The summed E-state index contributed by atoms with van der Waals surface area (Å²) in [7, 11) is 0. The zero-order valence-electron chi connectivity index (χ0n) is 13.5. The van der Waals surface area contributed by atoms with Crippen LogP contribution in [0.1, 0.15) is 24.8 Å². The third-order valence-electron chi connectivity index (χ3n) is 5.63. The number of nitrogens with one attached hydrogen (secondary N) is 2. The van der Waals surface area contributed by atoms with Crippen molar-refractivity contribution < 1.29 is 9.53 Å². The van der Waals surface area contributed by atoms with E-state index >= 15 is 0 Å². The molecular formula is C18H25N3O2. The summed E-state index contributed by atoms with van der Waals surface area (Å²) in [5.41, 5.74) is 3.07. The molecule has 1 saturated heterocycles. The molecule has 0 aromatic heterocycles. The fourth-order valence-electron chi connectivity index (χ4n) is 4.03. The van der Waals surface area contributed by atoms with E-state index in [1.165, 1.54) is 11.3 Å². The number of amides is 2. The molecular weight excluding hydrogens is 290 g/mol. The van der Waals surface area contributed by atoms with Crippen molar-refractivity contribution in [1.82, 2.24) is 10.6 Å². The number of benzene rings is 1. The van der Waals surface area contributed by atoms with Crippen LogP contribution in [0.15, 0.2) is 24.3 Å². The smallest absolute Gasteiger partial charge is 0.315 e. The lowest BCUT2D eigenvalue weighted by Crippen LogP contribution is -2.42. The summed E-state index contributed by atoms with van der Waals surface area (Å²) in [6.45, 7) is 4.29. The van der Waals surface area contributed by atoms with Crippen molar-refractivity contribution in [3.63, 3.8) is 0 Å². The molecule has 2 heterocycles. The van der Waals surface area contributed by atoms with Crippen molar-refractivity contribution in [1.29, 1.82) is 0 Å². The number of carbonyl (C=O) groups is 1. The highest BCUT2D eigenvalue weighted by Crippen LogP contribution is 2.53. The van der Waals surface area contributed by atoms with Crippen molar-refractivity contribution in [3.05, 3.63) is 29.8 Å². The summed E-state index contributed by atoms with van der Waals surface area (Å²) >= 11 is 0. The lowest BCUT2D eigenvalue weighted by atomic mass is 9.96. The van der Waals surface area contributed by atoms with E-state index in [-0.39, 0.29) is 6.03 Å². The van der Waals surface area contributed by atoms with Gasteiger partial charge in [0.05, 0.1) is 0 Å². The largest absolute Gasteiger partial charge is 0.381 e. The number of ether oxygens (including phenoxy) is 1. The molecule has 124 valence electrons. The van der Waals surface area contributed by atoms with Crippen LogP contribution in [0.25, 0.3) is 0 Å². The Morgan fingerprint density at radius 1 is 1.30 bits per heavy atom. The number of para-hydroxylation sites is 1. The molecule has 5 heteroatoms. The van der Waals surface area contributed by atoms with Crippen LogP contribution in [-0.4, -0.2) is 44.9 Å². The van der Waals surface area contributed by atoms with Crippen LogP contribution in [-0.2, 0) is 11.2 Å². The third kappa shape index (κ3) is 3.02. The van der Waals surface area contributed by atoms with Gasteiger partial charge in [-0.1, -0.05) is 18.2 Å². The molecule has 1 atom stereocenters. The standard InChI is InChI=1S/C18H25N3O2/c22-17(20-16-13-18(16)6-11-23-12-7-18)19-8-10-21-9-5-14-3-1-2-4-15(14)21/h1-4,16H,5-13H2,(H2,19,20,22). The highest BCUT2D eigenvalue weighted by molar-refractivity contribution is 5.75. The van der Waals surface area contributed by atoms with E-state index in [0.717, 1.165) is 52.0 Å². The Kier molecular flexibility index (Phi) is 3.89. The van der Waals surface area contributed by atoms with Crippen LogP contribution >= 0.6 is 0 Å². The normalized spacial score (nSPS) is 24.3. The maximum atomic E-state index is 12.1. The maximum Gasteiger partial charge on any atom is 0.315 e. The number of rotatable bonds is 4. The molecule has 1 aromatic rings. The Hall–Kier alpha value is -1.75. The minimum atomic E-state index is -0.0224. The first-order valence-corrected chi connectivity index (χ1v) is 8.72. The Morgan fingerprint density at radius 2 is 2.13 bits per heavy atom. The average molecular weight is 315 g/mol. The molecule has 3 aliphatic rings. The molecule has 5 nitrogen and oxygen atoms in total. The van der Waals surface area contributed by atoms with Crippen molar-refractivity contribution in [2.24, 2.45) is 5.41 Å². The molecule has 1 spiro atoms. The predicted molar refractivity (Wildman–Crippen MR) is 89.8 cm³/mol. The zero-order chi connectivity index (χ0) is 15.7. The Bertz CT molecular complexity index is 583. The first-order chi connectivity index (χ1) is 11.3. The Labute approximate surface area is 137 Å². The second-order valence-corrected chi connectivity index (χ2v) is 7.00. The van der Waals surface area contributed by atoms with E-state index in [1.54, 1.807) is 0 Å². The van der Waals surface area contributed by atoms with Gasteiger partial charge in [-0.3, -0.25) is 0 Å². The first-order valence-electron chi connectivity index (χ1n) is 8.72. The fraction of sp³-hybridized carbons (Fsp3) is 0.611. The highest BCUT2D eigenvalue weighted by atomic mass is 16.5. The SMILES string of the molecule is O=C(NCCN1CCc2ccccc21)NC1CC12CCOCC2. The lowest BCUT2D eigenvalue weighted by Gasteiger charge is -2.23. The average Bonchev–Trinajstić information content (AvgIpc) is 3.04. The number of hydrogen-bond acceptors (Lipinski definition) is 3. The van der Waals surface area contributed by atoms with Crippen LogP contribution < -0.4 is 15.5 Å². The van der Waals surface area contributed by atoms with Gasteiger partial charge in [-0.25, -0.2) is 4.79 Å². The number of anilines is 1. The number of nitrogens with zero attached hydrogens (tertiary/aromatic N) is 1. The Morgan fingerprint density at radius 3 is 3.00 bits per heavy atom. The number of carbonyl (C=O) groups excluding carboxylic acids is 1. The summed E-state index contributed by atoms with van der Waals surface area (Å²) in [6.07, 6.45) is 4.39. The monoisotopic (exact) mass is 315 g/mol. The second kappa shape index (κ2) is 6.04. The maximum absolute atomic E-state index is 12.1. The topological polar surface area (TPSA) is 53.6 Å². The minimum absolute atomic E-state index is 0.0224. The third-order valence-corrected chi connectivity index (χ3v) is 5.63. The van der Waals surface area contributed by atoms with Gasteiger partial charge in [0, 0.05) is 44.6 Å². The van der Waals surface area contributed by atoms with Gasteiger partial charge in [0.2, 0.25) is 0 Å². The van der Waals surface area contributed by atoms with Gasteiger partial charge in [-0.15, -0.1) is 0 Å². The molecule has 1 aromatic carbocycles. The molecule has 0 radical (unpaired) electrons. The summed E-state index contributed by atoms with van der Waals surface area (Å²) in [5, 5.41) is 6.15. The number of urea groups is 1. The van der Waals surface area contributed by atoms with Gasteiger partial charge in [-0.05, 0) is 42.7 Å². The van der Waals surface area contributed by atoms with E-state index < -0.39 is 0 Å². The summed E-state index contributed by atoms with van der Waals surface area (Å²) in [4.78, 5) is 14.4. The van der Waals surface area contributed by atoms with Gasteiger partial charge in [-0.2, -0.15) is 0 Å². The van der Waals surface area contributed by atoms with E-state index in [0.29, 0.717) is 18.0 Å². The molecule has 1 unspecified atom stereocenters. The predicted octanol–water partition coefficient (Wildman–Crippen LogP) is 1.92. The van der Waals surface area contributed by atoms with Gasteiger partial charge < -0.3 is 20.3 Å². The molecule has 1 aliphatic carbocycles. The van der Waals surface area contributed by atoms with E-state index in [1.807, 2.05) is 0 Å². The van der Waals surface area contributed by atoms with Crippen LogP contribution in [0, 0.1) is 5.41 Å². The van der Waals surface area contributed by atoms with Crippen molar-refractivity contribution in [3.8, 4) is 0 Å². The van der Waals surface area contributed by atoms with Gasteiger partial charge in [0.15, 0.2) is 0 Å². The Balaban J connectivity index is 1.20. The lowest BCUT2D eigenvalue weighted by molar-refractivity contribution is 0.0547. The zero-order valence-corrected chi connectivity index (χ0v) is 13.5. The number of fused-ring (bicyclic) bond motifs is 1. The van der Waals surface area contributed by atoms with Gasteiger partial charge >= 0.3 is 6.03 Å². The van der Waals surface area contributed by atoms with Crippen LogP contribution in [0.4, 0.5) is 10.5 Å². The summed E-state index contributed by atoms with van der Waals surface area (Å²) in [6, 6.07) is 8.86. The summed E-state index contributed by atoms with van der Waals surface area (Å²) in [5.74, 6) is 0. The van der Waals surface area contributed by atoms with Crippen molar-refractivity contribution >= 4 is 11.7 Å². The quantitative estimate of drug-likeness (QED) is 0.892. The highest BCUT2D eigenvalue weighted by Gasteiger charge is 2.55. The molecule has 0 bridgehead atoms. The van der Waals surface area contributed by atoms with E-state index in [9.17, 15) is 4.79 Å². The van der Waals surface area contributed by atoms with E-state index in [2.05, 4.69) is 39.8 Å². The number of hydrogen-bond donors (Lipinski definition) is 2. The fourth-order valence-corrected chi connectivity index (χ4v) is 4.03. The molecule has 2 fully saturated rings. The van der Waals surface area contributed by atoms with Crippen LogP contribution in [0.2, 0.25) is 0 Å². The second-order valence-electron chi connectivity index (χ2n) is 7.00. The van der Waals surface area contributed by atoms with Gasteiger partial charge in [0.25, 0.3) is 0 Å². The van der Waals surface area contributed by atoms with Crippen LogP contribution in [0.3, 0.4) is 0 Å². The molecule has 2 N–H and O–H groups in total. The summed E-state index contributed by atoms with van der Waals surface area (Å²) < 4.78 is 5.42. The van der Waals surface area contributed by atoms with E-state index in [4.69, 9.17) is 4.74 Å². The van der Waals surface area contributed by atoms with Gasteiger partial charge in [0.1, 0.15) is 0 Å². The van der Waals surface area contributed by atoms with Crippen LogP contribution in [0.5, 0.6) is 0 Å². The first kappa shape index (κ1) is 14.8. The minimum Gasteiger partial charge on any atom is -0.381 e. The van der Waals surface area contributed by atoms with Crippen molar-refractivity contribution in [2.75, 3.05) is 37.7 Å². The molecule has 23 heavy (non-hydrogen) atoms. The molecule has 1 saturated carbocycles.